The fourth-order valence-electron chi connectivity index (χ4n) is 6.81. The first-order valence-corrected chi connectivity index (χ1v) is 29.9. The number of carbonyl (C=O) groups excluding carboxylic acids is 3. The van der Waals surface area contributed by atoms with E-state index in [2.05, 4.69) is 5.32 Å². The average Bonchev–Trinajstić information content (AvgIpc) is 4.03. The summed E-state index contributed by atoms with van der Waals surface area (Å²) in [6, 6.07) is 0. The van der Waals surface area contributed by atoms with Crippen LogP contribution in [0.25, 0.3) is 0 Å². The number of hydrogen-bond acceptors (Lipinski definition) is 16. The summed E-state index contributed by atoms with van der Waals surface area (Å²) in [6.45, 7) is 3.35. The molecular formula is C44H75NO13S6. The molecule has 0 aliphatic carbocycles. The maximum absolute atomic E-state index is 12.4. The van der Waals surface area contributed by atoms with Crippen molar-refractivity contribution >= 4 is 100 Å². The lowest BCUT2D eigenvalue weighted by Crippen LogP contribution is -2.27. The second-order valence-corrected chi connectivity index (χ2v) is 25.7. The first kappa shape index (κ1) is 59.3. The minimum absolute atomic E-state index is 0.0103. The van der Waals surface area contributed by atoms with Crippen molar-refractivity contribution in [1.29, 1.82) is 0 Å². The van der Waals surface area contributed by atoms with Crippen LogP contribution < -0.4 is 5.32 Å². The van der Waals surface area contributed by atoms with E-state index in [-0.39, 0.29) is 57.9 Å². The molecule has 0 aromatic carbocycles. The average molecular weight is 1020 g/mol. The van der Waals surface area contributed by atoms with Gasteiger partial charge in [0.15, 0.2) is 2.74 Å². The normalized spacial score (nSPS) is 15.5. The molecule has 64 heavy (non-hydrogen) atoms. The predicted octanol–water partition coefficient (Wildman–Crippen LogP) is 10.7. The van der Waals surface area contributed by atoms with Gasteiger partial charge in [0.2, 0.25) is 5.91 Å². The van der Waals surface area contributed by atoms with E-state index < -0.39 is 29.7 Å². The molecule has 2 atom stereocenters. The molecule has 20 heteroatoms. The van der Waals surface area contributed by atoms with E-state index in [0.29, 0.717) is 90.5 Å². The lowest BCUT2D eigenvalue weighted by atomic mass is 9.96. The van der Waals surface area contributed by atoms with Crippen molar-refractivity contribution in [3.63, 3.8) is 0 Å². The molecule has 1 spiro atoms. The van der Waals surface area contributed by atoms with E-state index in [4.69, 9.17) is 24.1 Å². The molecule has 0 radical (unpaired) electrons. The van der Waals surface area contributed by atoms with Crippen molar-refractivity contribution in [3.05, 3.63) is 0 Å². The van der Waals surface area contributed by atoms with Gasteiger partial charge >= 0.3 is 17.9 Å². The quantitative estimate of drug-likeness (QED) is 0.0254. The number of ketones is 2. The lowest BCUT2D eigenvalue weighted by molar-refractivity contribution is -0.144. The van der Waals surface area contributed by atoms with Crippen LogP contribution in [0.2, 0.25) is 0 Å². The molecule has 2 heterocycles. The topological polar surface area (TPSA) is 212 Å². The Hall–Kier alpha value is -0.840. The van der Waals surface area contributed by atoms with Crippen LogP contribution in [0.1, 0.15) is 161 Å². The third-order valence-corrected chi connectivity index (χ3v) is 24.5. The summed E-state index contributed by atoms with van der Waals surface area (Å²) in [4.78, 5) is 71.0. The van der Waals surface area contributed by atoms with Gasteiger partial charge in [-0.3, -0.25) is 28.8 Å². The number of ether oxygens (including phenoxy) is 4. The van der Waals surface area contributed by atoms with Gasteiger partial charge in [-0.2, -0.15) is 0 Å². The summed E-state index contributed by atoms with van der Waals surface area (Å²) in [7, 11) is 10.4. The first-order valence-electron chi connectivity index (χ1n) is 23.4. The zero-order chi connectivity index (χ0) is 46.5. The number of nitrogens with one attached hydrogen (secondary N) is 1. The second kappa shape index (κ2) is 39.1. The highest BCUT2D eigenvalue weighted by Gasteiger charge is 2.53. The predicted molar refractivity (Wildman–Crippen MR) is 264 cm³/mol. The Kier molecular flexibility index (Phi) is 36.2. The van der Waals surface area contributed by atoms with Gasteiger partial charge in [0, 0.05) is 51.7 Å². The van der Waals surface area contributed by atoms with E-state index >= 15 is 0 Å². The van der Waals surface area contributed by atoms with Crippen LogP contribution in [0.4, 0.5) is 0 Å². The molecule has 2 saturated heterocycles. The van der Waals surface area contributed by atoms with Gasteiger partial charge in [0.1, 0.15) is 11.6 Å². The number of hydrogen-bond donors (Lipinski definition) is 4. The number of carboxylic acids is 3. The van der Waals surface area contributed by atoms with Crippen molar-refractivity contribution < 1.29 is 63.0 Å². The monoisotopic (exact) mass is 1020 g/mol. The van der Waals surface area contributed by atoms with Gasteiger partial charge in [-0.1, -0.05) is 127 Å². The number of Topliss-reactive ketones (excluding diaryl/α,β-unsaturated/α-hetero) is 2. The van der Waals surface area contributed by atoms with Crippen molar-refractivity contribution in [2.45, 2.75) is 168 Å². The molecule has 2 aliphatic heterocycles. The Morgan fingerprint density at radius 3 is 1.45 bits per heavy atom. The summed E-state index contributed by atoms with van der Waals surface area (Å²) in [5.74, 6) is -4.25. The molecule has 0 aromatic heterocycles. The Balaban J connectivity index is 1.29. The highest BCUT2D eigenvalue weighted by Crippen LogP contribution is 2.84. The van der Waals surface area contributed by atoms with Crippen LogP contribution in [-0.2, 0) is 47.7 Å². The largest absolute Gasteiger partial charge is 0.481 e. The van der Waals surface area contributed by atoms with Crippen LogP contribution in [0, 0.1) is 11.8 Å². The number of amides is 1. The van der Waals surface area contributed by atoms with E-state index in [1.807, 2.05) is 0 Å². The third-order valence-electron chi connectivity index (χ3n) is 10.6. The van der Waals surface area contributed by atoms with Crippen molar-refractivity contribution in [2.75, 3.05) is 59.4 Å². The zero-order valence-corrected chi connectivity index (χ0v) is 42.5. The molecule has 14 nitrogen and oxygen atoms in total. The molecule has 0 saturated carbocycles. The van der Waals surface area contributed by atoms with E-state index in [0.717, 1.165) is 38.5 Å². The van der Waals surface area contributed by atoms with E-state index in [9.17, 15) is 39.0 Å². The number of rotatable bonds is 46. The van der Waals surface area contributed by atoms with Gasteiger partial charge in [0.25, 0.3) is 0 Å². The number of carbonyl (C=O) groups is 6. The zero-order valence-electron chi connectivity index (χ0n) is 37.6. The molecule has 0 aromatic rings. The minimum Gasteiger partial charge on any atom is -0.481 e. The van der Waals surface area contributed by atoms with Crippen LogP contribution >= 0.6 is 64.8 Å². The molecule has 370 valence electrons. The van der Waals surface area contributed by atoms with Crippen LogP contribution in [0.15, 0.2) is 0 Å². The summed E-state index contributed by atoms with van der Waals surface area (Å²) in [5, 5.41) is 30.8. The lowest BCUT2D eigenvalue weighted by Gasteiger charge is -2.27. The van der Waals surface area contributed by atoms with Crippen molar-refractivity contribution in [3.8, 4) is 0 Å². The standard InChI is InChI=1S/C44H75NO13S6/c46-36(18-13-11-9-7-5-3-1-2-4-6-8-10-12-14-21-40(49)50)19-17-26-55-28-30-57-32-33-58-31-29-56-27-24-37(47)34-35(41(51)52)22-23-39(48)45-25-16-15-20-38(42(53)54)43-59-61-44(62-60-43)63-64-44/h35,38,43H,1-34H2,(H,45,48)(H,49,50)(H,51,52)(H,53,54)/t35-,38+/m1/s1. The number of carboxylic acid groups (broad SMARTS) is 3. The first-order chi connectivity index (χ1) is 31.0. The minimum atomic E-state index is -1.12. The molecule has 0 bridgehead atoms. The van der Waals surface area contributed by atoms with Gasteiger partial charge < -0.3 is 39.6 Å². The SMILES string of the molecule is O=C(O)CCCCCCCCCCCCCCCCC(=O)CCCOCCOCCOCCOCCC(=O)C[C@@H](CCC(=O)NCCCC[C@@H](C(=O)O)C1SSC2(SS1)SS2)C(=O)O. The summed E-state index contributed by atoms with van der Waals surface area (Å²) < 4.78 is 22.1. The highest BCUT2D eigenvalue weighted by atomic mass is 33.2. The molecular weight excluding hydrogens is 943 g/mol. The van der Waals surface area contributed by atoms with Crippen LogP contribution in [0.5, 0.6) is 0 Å². The Bertz CT molecular complexity index is 1300. The molecule has 1 amide bonds. The molecule has 0 unspecified atom stereocenters. The fraction of sp³-hybridized carbons (Fsp3) is 0.864. The summed E-state index contributed by atoms with van der Waals surface area (Å²) in [5.41, 5.74) is 0. The number of aliphatic carboxylic acids is 3. The van der Waals surface area contributed by atoms with Gasteiger partial charge in [0.05, 0.1) is 62.7 Å². The van der Waals surface area contributed by atoms with Crippen LogP contribution in [0.3, 0.4) is 0 Å². The molecule has 4 N–H and O–H groups in total. The third kappa shape index (κ3) is 32.8. The summed E-state index contributed by atoms with van der Waals surface area (Å²) in [6.07, 6.45) is 20.4. The maximum Gasteiger partial charge on any atom is 0.308 e. The maximum atomic E-state index is 12.4. The molecule has 2 rings (SSSR count). The van der Waals surface area contributed by atoms with Gasteiger partial charge in [-0.25, -0.2) is 0 Å². The van der Waals surface area contributed by atoms with Gasteiger partial charge in [-0.15, -0.1) is 0 Å². The van der Waals surface area contributed by atoms with E-state index in [1.165, 1.54) is 57.8 Å². The highest BCUT2D eigenvalue weighted by molar-refractivity contribution is 9.14. The Morgan fingerprint density at radius 1 is 0.469 bits per heavy atom. The summed E-state index contributed by atoms with van der Waals surface area (Å²) >= 11 is 0. The van der Waals surface area contributed by atoms with Crippen LogP contribution in [-0.4, -0.2) is 117 Å². The van der Waals surface area contributed by atoms with Gasteiger partial charge in [-0.05, 0) is 60.1 Å². The molecule has 2 fully saturated rings. The fourth-order valence-corrected chi connectivity index (χ4v) is 20.6. The Labute approximate surface area is 405 Å². The molecule has 2 aliphatic rings. The smallest absolute Gasteiger partial charge is 0.308 e. The van der Waals surface area contributed by atoms with Crippen molar-refractivity contribution in [2.24, 2.45) is 11.8 Å². The van der Waals surface area contributed by atoms with E-state index in [1.54, 1.807) is 64.8 Å². The second-order valence-electron chi connectivity index (χ2n) is 16.2. The Morgan fingerprint density at radius 2 is 0.953 bits per heavy atom. The van der Waals surface area contributed by atoms with Crippen molar-refractivity contribution in [1.82, 2.24) is 5.32 Å². The number of unbranched alkanes of at least 4 members (excludes halogenated alkanes) is 14.